The Balaban J connectivity index is 3.49. The quantitative estimate of drug-likeness (QED) is 0.756. The summed E-state index contributed by atoms with van der Waals surface area (Å²) in [5.41, 5.74) is 6.18. The zero-order chi connectivity index (χ0) is 11.6. The first-order valence-corrected chi connectivity index (χ1v) is 5.72. The summed E-state index contributed by atoms with van der Waals surface area (Å²) in [5.74, 6) is 0.0926. The smallest absolute Gasteiger partial charge is 0.298 e. The first-order valence-electron chi connectivity index (χ1n) is 4.28. The topological polar surface area (TPSA) is 89.6 Å². The van der Waals surface area contributed by atoms with Gasteiger partial charge >= 0.3 is 0 Å². The minimum Gasteiger partial charge on any atom is -0.495 e. The van der Waals surface area contributed by atoms with Gasteiger partial charge in [0.05, 0.1) is 7.11 Å². The zero-order valence-electron chi connectivity index (χ0n) is 8.47. The van der Waals surface area contributed by atoms with Crippen molar-refractivity contribution in [2.75, 3.05) is 7.11 Å². The minimum atomic E-state index is -4.28. The molecule has 0 spiro atoms. The molecule has 1 rings (SSSR count). The van der Waals surface area contributed by atoms with Gasteiger partial charge in [-0.1, -0.05) is 12.1 Å². The lowest BCUT2D eigenvalue weighted by Gasteiger charge is -2.13. The molecule has 0 heterocycles. The van der Waals surface area contributed by atoms with Gasteiger partial charge in [-0.2, -0.15) is 8.42 Å². The minimum absolute atomic E-state index is 0.0926. The Morgan fingerprint density at radius 3 is 2.47 bits per heavy atom. The molecule has 0 aliphatic rings. The fourth-order valence-electron chi connectivity index (χ4n) is 1.31. The summed E-state index contributed by atoms with van der Waals surface area (Å²) in [4.78, 5) is -0.264. The molecule has 0 amide bonds. The van der Waals surface area contributed by atoms with Gasteiger partial charge in [-0.25, -0.2) is 0 Å². The lowest BCUT2D eigenvalue weighted by Crippen LogP contribution is -2.10. The Morgan fingerprint density at radius 2 is 2.07 bits per heavy atom. The van der Waals surface area contributed by atoms with Crippen LogP contribution in [0, 0.1) is 0 Å². The monoisotopic (exact) mass is 231 g/mol. The normalized spacial score (nSPS) is 13.6. The fraction of sp³-hybridized carbons (Fsp3) is 0.333. The van der Waals surface area contributed by atoms with E-state index in [1.54, 1.807) is 13.0 Å². The molecular formula is C9H13NO4S. The van der Waals surface area contributed by atoms with E-state index in [0.717, 1.165) is 0 Å². The highest BCUT2D eigenvalue weighted by Gasteiger charge is 2.20. The van der Waals surface area contributed by atoms with Crippen LogP contribution in [0.15, 0.2) is 23.1 Å². The molecule has 0 saturated carbocycles. The Bertz CT molecular complexity index is 453. The first kappa shape index (κ1) is 12.0. The van der Waals surface area contributed by atoms with Crippen molar-refractivity contribution in [1.82, 2.24) is 0 Å². The molecule has 0 aromatic heterocycles. The van der Waals surface area contributed by atoms with Gasteiger partial charge in [0.15, 0.2) is 0 Å². The van der Waals surface area contributed by atoms with E-state index >= 15 is 0 Å². The SMILES string of the molecule is COc1c(C(C)N)cccc1S(=O)(=O)O. The summed E-state index contributed by atoms with van der Waals surface area (Å²) in [6.45, 7) is 1.70. The van der Waals surface area contributed by atoms with E-state index in [0.29, 0.717) is 5.56 Å². The van der Waals surface area contributed by atoms with Crippen molar-refractivity contribution in [3.8, 4) is 5.75 Å². The van der Waals surface area contributed by atoms with Crippen molar-refractivity contribution >= 4 is 10.1 Å². The summed E-state index contributed by atoms with van der Waals surface area (Å²) in [6, 6.07) is 4.05. The van der Waals surface area contributed by atoms with E-state index in [1.807, 2.05) is 0 Å². The van der Waals surface area contributed by atoms with E-state index in [4.69, 9.17) is 15.0 Å². The number of para-hydroxylation sites is 1. The van der Waals surface area contributed by atoms with Crippen molar-refractivity contribution in [3.05, 3.63) is 23.8 Å². The highest BCUT2D eigenvalue weighted by Crippen LogP contribution is 2.30. The predicted molar refractivity (Wildman–Crippen MR) is 55.4 cm³/mol. The third kappa shape index (κ3) is 2.47. The predicted octanol–water partition coefficient (Wildman–Crippen LogP) is 0.962. The Hall–Kier alpha value is -1.11. The second kappa shape index (κ2) is 4.18. The molecule has 0 radical (unpaired) electrons. The molecule has 0 bridgehead atoms. The summed E-state index contributed by atoms with van der Waals surface area (Å²) in [6.07, 6.45) is 0. The van der Waals surface area contributed by atoms with E-state index in [-0.39, 0.29) is 16.7 Å². The molecule has 3 N–H and O–H groups in total. The van der Waals surface area contributed by atoms with Gasteiger partial charge in [-0.05, 0) is 13.0 Å². The van der Waals surface area contributed by atoms with E-state index in [1.165, 1.54) is 19.2 Å². The molecule has 6 heteroatoms. The third-order valence-corrected chi connectivity index (χ3v) is 2.86. The molecule has 0 saturated heterocycles. The lowest BCUT2D eigenvalue weighted by atomic mass is 10.1. The standard InChI is InChI=1S/C9H13NO4S/c1-6(10)7-4-3-5-8(9(7)14-2)15(11,12)13/h3-6H,10H2,1-2H3,(H,11,12,13). The van der Waals surface area contributed by atoms with Gasteiger partial charge in [0.2, 0.25) is 0 Å². The van der Waals surface area contributed by atoms with Crippen molar-refractivity contribution in [3.63, 3.8) is 0 Å². The molecule has 15 heavy (non-hydrogen) atoms. The molecule has 0 fully saturated rings. The first-order chi connectivity index (χ1) is 6.88. The van der Waals surface area contributed by atoms with Crippen LogP contribution in [0.3, 0.4) is 0 Å². The Morgan fingerprint density at radius 1 is 1.47 bits per heavy atom. The highest BCUT2D eigenvalue weighted by molar-refractivity contribution is 7.86. The average Bonchev–Trinajstić information content (AvgIpc) is 2.15. The van der Waals surface area contributed by atoms with Crippen molar-refractivity contribution < 1.29 is 17.7 Å². The molecule has 1 aromatic rings. The van der Waals surface area contributed by atoms with Gasteiger partial charge in [0, 0.05) is 11.6 Å². The van der Waals surface area contributed by atoms with Gasteiger partial charge in [0.25, 0.3) is 10.1 Å². The molecule has 1 atom stereocenters. The van der Waals surface area contributed by atoms with Crippen LogP contribution in [0.25, 0.3) is 0 Å². The van der Waals surface area contributed by atoms with Crippen molar-refractivity contribution in [2.45, 2.75) is 17.9 Å². The molecule has 1 aromatic carbocycles. The number of methoxy groups -OCH3 is 1. The number of rotatable bonds is 3. The zero-order valence-corrected chi connectivity index (χ0v) is 9.28. The maximum Gasteiger partial charge on any atom is 0.298 e. The van der Waals surface area contributed by atoms with Crippen LogP contribution in [-0.2, 0) is 10.1 Å². The second-order valence-electron chi connectivity index (χ2n) is 3.14. The maximum atomic E-state index is 11.0. The molecule has 0 aliphatic heterocycles. The van der Waals surface area contributed by atoms with Gasteiger partial charge in [-0.3, -0.25) is 4.55 Å². The molecule has 84 valence electrons. The number of hydrogen-bond acceptors (Lipinski definition) is 4. The van der Waals surface area contributed by atoms with Crippen LogP contribution in [0.5, 0.6) is 5.75 Å². The van der Waals surface area contributed by atoms with Crippen LogP contribution >= 0.6 is 0 Å². The Labute approximate surface area is 88.6 Å². The summed E-state index contributed by atoms with van der Waals surface area (Å²) < 4.78 is 35.9. The molecule has 0 aliphatic carbocycles. The van der Waals surface area contributed by atoms with E-state index in [9.17, 15) is 8.42 Å². The molecule has 5 nitrogen and oxygen atoms in total. The molecule has 1 unspecified atom stereocenters. The van der Waals surface area contributed by atoms with E-state index < -0.39 is 10.1 Å². The van der Waals surface area contributed by atoms with Gasteiger partial charge in [0.1, 0.15) is 10.6 Å². The largest absolute Gasteiger partial charge is 0.495 e. The van der Waals surface area contributed by atoms with Gasteiger partial charge < -0.3 is 10.5 Å². The number of nitrogens with two attached hydrogens (primary N) is 1. The average molecular weight is 231 g/mol. The number of benzene rings is 1. The van der Waals surface area contributed by atoms with Gasteiger partial charge in [-0.15, -0.1) is 0 Å². The van der Waals surface area contributed by atoms with Crippen molar-refractivity contribution in [1.29, 1.82) is 0 Å². The summed E-state index contributed by atoms with van der Waals surface area (Å²) >= 11 is 0. The third-order valence-electron chi connectivity index (χ3n) is 1.98. The van der Waals surface area contributed by atoms with Crippen molar-refractivity contribution in [2.24, 2.45) is 5.73 Å². The van der Waals surface area contributed by atoms with Crippen LogP contribution < -0.4 is 10.5 Å². The maximum absolute atomic E-state index is 11.0. The van der Waals surface area contributed by atoms with Crippen LogP contribution in [-0.4, -0.2) is 20.1 Å². The number of hydrogen-bond donors (Lipinski definition) is 2. The second-order valence-corrected chi connectivity index (χ2v) is 4.53. The number of ether oxygens (including phenoxy) is 1. The van der Waals surface area contributed by atoms with Crippen LogP contribution in [0.2, 0.25) is 0 Å². The van der Waals surface area contributed by atoms with Crippen LogP contribution in [0.4, 0.5) is 0 Å². The summed E-state index contributed by atoms with van der Waals surface area (Å²) in [7, 11) is -2.95. The summed E-state index contributed by atoms with van der Waals surface area (Å²) in [5, 5.41) is 0. The lowest BCUT2D eigenvalue weighted by molar-refractivity contribution is 0.390. The molecular weight excluding hydrogens is 218 g/mol. The Kier molecular flexibility index (Phi) is 3.33. The highest BCUT2D eigenvalue weighted by atomic mass is 32.2. The van der Waals surface area contributed by atoms with E-state index in [2.05, 4.69) is 0 Å². The van der Waals surface area contributed by atoms with Crippen LogP contribution in [0.1, 0.15) is 18.5 Å². The fourth-order valence-corrected chi connectivity index (χ4v) is 2.00.